The molecule has 1 N–H and O–H groups in total. The van der Waals surface area contributed by atoms with E-state index in [-0.39, 0.29) is 17.4 Å². The van der Waals surface area contributed by atoms with Gasteiger partial charge in [0.2, 0.25) is 5.91 Å². The van der Waals surface area contributed by atoms with E-state index in [1.54, 1.807) is 0 Å². The van der Waals surface area contributed by atoms with E-state index in [0.717, 1.165) is 19.3 Å². The van der Waals surface area contributed by atoms with Gasteiger partial charge >= 0.3 is 0 Å². The summed E-state index contributed by atoms with van der Waals surface area (Å²) in [5.41, 5.74) is 0. The summed E-state index contributed by atoms with van der Waals surface area (Å²) >= 11 is 5.92. The van der Waals surface area contributed by atoms with Crippen molar-refractivity contribution in [2.24, 2.45) is 0 Å². The summed E-state index contributed by atoms with van der Waals surface area (Å²) in [6.07, 6.45) is 5.91. The molecule has 0 aromatic carbocycles. The van der Waals surface area contributed by atoms with Crippen LogP contribution in [0.15, 0.2) is 0 Å². The minimum Gasteiger partial charge on any atom is -0.351 e. The Kier molecular flexibility index (Phi) is 6.43. The molecule has 4 nitrogen and oxygen atoms in total. The lowest BCUT2D eigenvalue weighted by atomic mass is 10.1. The number of halogens is 1. The molecule has 0 aliphatic carbocycles. The number of unbranched alkanes of at least 4 members (excludes halogenated alkanes) is 4. The van der Waals surface area contributed by atoms with E-state index in [0.29, 0.717) is 6.42 Å². The molecule has 2 unspecified atom stereocenters. The number of sulfone groups is 1. The van der Waals surface area contributed by atoms with Crippen molar-refractivity contribution >= 4 is 27.3 Å². The quantitative estimate of drug-likeness (QED) is 0.576. The summed E-state index contributed by atoms with van der Waals surface area (Å²) in [4.78, 5) is 11.6. The SMILES string of the molecule is CCCCCCCC(=O)NC1CS(=O)(=O)CC1Cl. The normalized spacial score (nSPS) is 26.1. The molecule has 6 heteroatoms. The highest BCUT2D eigenvalue weighted by Crippen LogP contribution is 2.18. The van der Waals surface area contributed by atoms with Crippen molar-refractivity contribution in [1.82, 2.24) is 5.32 Å². The monoisotopic (exact) mass is 295 g/mol. The lowest BCUT2D eigenvalue weighted by molar-refractivity contribution is -0.121. The summed E-state index contributed by atoms with van der Waals surface area (Å²) in [7, 11) is -3.07. The maximum atomic E-state index is 11.6. The summed E-state index contributed by atoms with van der Waals surface area (Å²) in [6, 6.07) is -0.417. The summed E-state index contributed by atoms with van der Waals surface area (Å²) in [5.74, 6) is -0.141. The Morgan fingerprint density at radius 1 is 1.22 bits per heavy atom. The summed E-state index contributed by atoms with van der Waals surface area (Å²) in [5, 5.41) is 2.24. The highest BCUT2D eigenvalue weighted by molar-refractivity contribution is 7.91. The standard InChI is InChI=1S/C12H22ClNO3S/c1-2-3-4-5-6-7-12(15)14-11-9-18(16,17)8-10(11)13/h10-11H,2-9H2,1H3,(H,14,15). The van der Waals surface area contributed by atoms with Gasteiger partial charge in [-0.05, 0) is 6.42 Å². The van der Waals surface area contributed by atoms with Gasteiger partial charge in [0.1, 0.15) is 0 Å². The number of carbonyl (C=O) groups is 1. The van der Waals surface area contributed by atoms with E-state index in [2.05, 4.69) is 12.2 Å². The highest BCUT2D eigenvalue weighted by Gasteiger charge is 2.37. The van der Waals surface area contributed by atoms with Crippen molar-refractivity contribution < 1.29 is 13.2 Å². The van der Waals surface area contributed by atoms with E-state index in [1.807, 2.05) is 0 Å². The van der Waals surface area contributed by atoms with Crippen molar-refractivity contribution in [2.75, 3.05) is 11.5 Å². The largest absolute Gasteiger partial charge is 0.351 e. The van der Waals surface area contributed by atoms with Crippen LogP contribution < -0.4 is 5.32 Å². The van der Waals surface area contributed by atoms with Gasteiger partial charge in [-0.25, -0.2) is 8.42 Å². The Hall–Kier alpha value is -0.290. The van der Waals surface area contributed by atoms with Gasteiger partial charge in [0.15, 0.2) is 9.84 Å². The smallest absolute Gasteiger partial charge is 0.220 e. The van der Waals surface area contributed by atoms with Crippen LogP contribution in [0.4, 0.5) is 0 Å². The zero-order valence-corrected chi connectivity index (χ0v) is 12.4. The third-order valence-corrected chi connectivity index (χ3v) is 5.51. The van der Waals surface area contributed by atoms with E-state index in [9.17, 15) is 13.2 Å². The maximum absolute atomic E-state index is 11.6. The fourth-order valence-electron chi connectivity index (χ4n) is 2.10. The fourth-order valence-corrected chi connectivity index (χ4v) is 4.65. The van der Waals surface area contributed by atoms with Crippen LogP contribution in [-0.4, -0.2) is 37.2 Å². The lowest BCUT2D eigenvalue weighted by Crippen LogP contribution is -2.40. The third kappa shape index (κ3) is 5.57. The number of rotatable bonds is 7. The molecule has 106 valence electrons. The average molecular weight is 296 g/mol. The number of carbonyl (C=O) groups excluding carboxylic acids is 1. The molecule has 1 saturated heterocycles. The topological polar surface area (TPSA) is 63.2 Å². The number of hydrogen-bond acceptors (Lipinski definition) is 3. The van der Waals surface area contributed by atoms with Gasteiger partial charge in [0.25, 0.3) is 0 Å². The molecule has 0 bridgehead atoms. The van der Waals surface area contributed by atoms with Crippen molar-refractivity contribution in [3.63, 3.8) is 0 Å². The molecular formula is C12H22ClNO3S. The Bertz CT molecular complexity index is 370. The minimum absolute atomic E-state index is 0.0251. The molecule has 1 amide bonds. The van der Waals surface area contributed by atoms with Crippen LogP contribution in [0.1, 0.15) is 45.4 Å². The van der Waals surface area contributed by atoms with Crippen LogP contribution in [0, 0.1) is 0 Å². The van der Waals surface area contributed by atoms with Gasteiger partial charge in [0.05, 0.1) is 22.9 Å². The molecule has 0 saturated carbocycles. The van der Waals surface area contributed by atoms with Gasteiger partial charge in [-0.2, -0.15) is 0 Å². The molecule has 1 heterocycles. The average Bonchev–Trinajstić information content (AvgIpc) is 2.51. The number of hydrogen-bond donors (Lipinski definition) is 1. The van der Waals surface area contributed by atoms with Crippen LogP contribution >= 0.6 is 11.6 Å². The van der Waals surface area contributed by atoms with Crippen LogP contribution in [0.5, 0.6) is 0 Å². The molecule has 2 atom stereocenters. The molecule has 18 heavy (non-hydrogen) atoms. The Labute approximate surface area is 114 Å². The zero-order chi connectivity index (χ0) is 13.6. The van der Waals surface area contributed by atoms with E-state index in [1.165, 1.54) is 12.8 Å². The molecule has 0 spiro atoms. The van der Waals surface area contributed by atoms with Crippen LogP contribution in [0.2, 0.25) is 0 Å². The zero-order valence-electron chi connectivity index (χ0n) is 10.8. The molecule has 1 aliphatic heterocycles. The first kappa shape index (κ1) is 15.8. The molecule has 1 rings (SSSR count). The van der Waals surface area contributed by atoms with Gasteiger partial charge in [-0.1, -0.05) is 32.6 Å². The summed E-state index contributed by atoms with van der Waals surface area (Å²) in [6.45, 7) is 2.15. The number of alkyl halides is 1. The van der Waals surface area contributed by atoms with Crippen molar-refractivity contribution in [3.05, 3.63) is 0 Å². The van der Waals surface area contributed by atoms with Gasteiger partial charge in [-0.3, -0.25) is 4.79 Å². The Morgan fingerprint density at radius 3 is 2.44 bits per heavy atom. The summed E-state index contributed by atoms with van der Waals surface area (Å²) < 4.78 is 22.7. The van der Waals surface area contributed by atoms with E-state index >= 15 is 0 Å². The predicted molar refractivity (Wildman–Crippen MR) is 73.6 cm³/mol. The number of amides is 1. The molecular weight excluding hydrogens is 274 g/mol. The molecule has 0 aromatic rings. The van der Waals surface area contributed by atoms with Crippen molar-refractivity contribution in [1.29, 1.82) is 0 Å². The Morgan fingerprint density at radius 2 is 1.89 bits per heavy atom. The molecule has 1 aliphatic rings. The second-order valence-electron chi connectivity index (χ2n) is 4.93. The fraction of sp³-hybridized carbons (Fsp3) is 0.917. The van der Waals surface area contributed by atoms with Gasteiger partial charge in [0, 0.05) is 6.42 Å². The second-order valence-corrected chi connectivity index (χ2v) is 7.65. The second kappa shape index (κ2) is 7.34. The van der Waals surface area contributed by atoms with Crippen LogP contribution in [-0.2, 0) is 14.6 Å². The predicted octanol–water partition coefficient (Wildman–Crippen LogP) is 1.87. The highest BCUT2D eigenvalue weighted by atomic mass is 35.5. The molecule has 0 radical (unpaired) electrons. The first-order chi connectivity index (χ1) is 8.44. The molecule has 0 aromatic heterocycles. The number of nitrogens with one attached hydrogen (secondary N) is 1. The van der Waals surface area contributed by atoms with Crippen molar-refractivity contribution in [3.8, 4) is 0 Å². The van der Waals surface area contributed by atoms with Crippen LogP contribution in [0.25, 0.3) is 0 Å². The lowest BCUT2D eigenvalue weighted by Gasteiger charge is -2.14. The van der Waals surface area contributed by atoms with Crippen molar-refractivity contribution in [2.45, 2.75) is 56.9 Å². The van der Waals surface area contributed by atoms with E-state index < -0.39 is 21.3 Å². The molecule has 1 fully saturated rings. The first-order valence-electron chi connectivity index (χ1n) is 6.58. The Balaban J connectivity index is 2.20. The third-order valence-electron chi connectivity index (χ3n) is 3.14. The first-order valence-corrected chi connectivity index (χ1v) is 8.84. The minimum atomic E-state index is -3.07. The van der Waals surface area contributed by atoms with Crippen LogP contribution in [0.3, 0.4) is 0 Å². The maximum Gasteiger partial charge on any atom is 0.220 e. The van der Waals surface area contributed by atoms with Gasteiger partial charge in [-0.15, -0.1) is 11.6 Å². The van der Waals surface area contributed by atoms with Gasteiger partial charge < -0.3 is 5.32 Å². The van der Waals surface area contributed by atoms with E-state index in [4.69, 9.17) is 11.6 Å².